The Morgan fingerprint density at radius 1 is 1.35 bits per heavy atom. The number of benzene rings is 1. The molecule has 20 heavy (non-hydrogen) atoms. The quantitative estimate of drug-likeness (QED) is 0.853. The summed E-state index contributed by atoms with van der Waals surface area (Å²) in [4.78, 5) is 13.6. The zero-order valence-corrected chi connectivity index (χ0v) is 12.3. The largest absolute Gasteiger partial charge is 0.450 e. The summed E-state index contributed by atoms with van der Waals surface area (Å²) in [5.74, 6) is -0.0458. The van der Waals surface area contributed by atoms with E-state index in [1.807, 2.05) is 0 Å². The van der Waals surface area contributed by atoms with Crippen molar-refractivity contribution in [2.75, 3.05) is 18.9 Å². The number of ether oxygens (including phenoxy) is 1. The maximum atomic E-state index is 12.3. The van der Waals surface area contributed by atoms with E-state index in [2.05, 4.69) is 0 Å². The second kappa shape index (κ2) is 6.26. The zero-order valence-electron chi connectivity index (χ0n) is 11.5. The number of rotatable bonds is 4. The average molecular weight is 297 g/mol. The molecule has 0 aliphatic carbocycles. The Hall–Kier alpha value is -1.56. The van der Waals surface area contributed by atoms with E-state index in [9.17, 15) is 13.2 Å². The number of carbonyl (C=O) groups is 1. The van der Waals surface area contributed by atoms with Gasteiger partial charge in [-0.2, -0.15) is 0 Å². The van der Waals surface area contributed by atoms with Crippen molar-refractivity contribution in [2.24, 2.45) is 0 Å². The molecule has 1 aromatic carbocycles. The topological polar surface area (TPSA) is 63.7 Å². The highest BCUT2D eigenvalue weighted by Crippen LogP contribution is 2.22. The number of likely N-dealkylation sites (tertiary alicyclic amines) is 1. The second-order valence-corrected chi connectivity index (χ2v) is 6.82. The molecule has 0 saturated carbocycles. The summed E-state index contributed by atoms with van der Waals surface area (Å²) < 4.78 is 29.6. The van der Waals surface area contributed by atoms with Gasteiger partial charge in [0, 0.05) is 12.6 Å². The van der Waals surface area contributed by atoms with E-state index in [-0.39, 0.29) is 11.8 Å². The van der Waals surface area contributed by atoms with Crippen molar-refractivity contribution in [3.05, 3.63) is 30.3 Å². The van der Waals surface area contributed by atoms with E-state index in [1.54, 1.807) is 37.3 Å². The lowest BCUT2D eigenvalue weighted by Gasteiger charge is -2.23. The molecule has 2 rings (SSSR count). The molecule has 1 saturated heterocycles. The molecule has 1 aromatic rings. The maximum absolute atomic E-state index is 12.3. The van der Waals surface area contributed by atoms with Gasteiger partial charge in [-0.05, 0) is 31.9 Å². The van der Waals surface area contributed by atoms with Crippen LogP contribution in [0.4, 0.5) is 4.79 Å². The van der Waals surface area contributed by atoms with Gasteiger partial charge in [-0.25, -0.2) is 13.2 Å². The van der Waals surface area contributed by atoms with Crippen molar-refractivity contribution in [3.63, 3.8) is 0 Å². The number of carbonyl (C=O) groups excluding carboxylic acids is 1. The Morgan fingerprint density at radius 3 is 2.70 bits per heavy atom. The number of hydrogen-bond donors (Lipinski definition) is 0. The van der Waals surface area contributed by atoms with Crippen LogP contribution >= 0.6 is 0 Å². The minimum atomic E-state index is -3.37. The van der Waals surface area contributed by atoms with Gasteiger partial charge >= 0.3 is 6.09 Å². The first-order valence-corrected chi connectivity index (χ1v) is 8.41. The van der Waals surface area contributed by atoms with Crippen LogP contribution in [0.5, 0.6) is 0 Å². The van der Waals surface area contributed by atoms with Crippen LogP contribution in [0.1, 0.15) is 19.8 Å². The predicted molar refractivity (Wildman–Crippen MR) is 75.2 cm³/mol. The first-order chi connectivity index (χ1) is 9.54. The third kappa shape index (κ3) is 3.30. The van der Waals surface area contributed by atoms with Gasteiger partial charge in [0.25, 0.3) is 0 Å². The predicted octanol–water partition coefficient (Wildman–Crippen LogP) is 2.08. The van der Waals surface area contributed by atoms with Gasteiger partial charge in [-0.1, -0.05) is 18.2 Å². The Labute approximate surface area is 119 Å². The molecule has 1 fully saturated rings. The van der Waals surface area contributed by atoms with Crippen molar-refractivity contribution >= 4 is 15.9 Å². The van der Waals surface area contributed by atoms with Crippen molar-refractivity contribution in [1.29, 1.82) is 0 Å². The normalized spacial score (nSPS) is 19.1. The highest BCUT2D eigenvalue weighted by atomic mass is 32.2. The molecule has 1 aliphatic rings. The smallest absolute Gasteiger partial charge is 0.410 e. The Kier molecular flexibility index (Phi) is 4.65. The van der Waals surface area contributed by atoms with Crippen LogP contribution in [-0.4, -0.2) is 44.4 Å². The Morgan fingerprint density at radius 2 is 2.05 bits per heavy atom. The van der Waals surface area contributed by atoms with Crippen molar-refractivity contribution < 1.29 is 17.9 Å². The van der Waals surface area contributed by atoms with Crippen LogP contribution in [0.15, 0.2) is 35.2 Å². The van der Waals surface area contributed by atoms with Gasteiger partial charge in [0.2, 0.25) is 0 Å². The summed E-state index contributed by atoms with van der Waals surface area (Å²) in [6.45, 7) is 2.60. The molecule has 0 bridgehead atoms. The van der Waals surface area contributed by atoms with E-state index in [4.69, 9.17) is 4.74 Å². The third-order valence-electron chi connectivity index (χ3n) is 3.39. The van der Waals surface area contributed by atoms with E-state index < -0.39 is 15.9 Å². The summed E-state index contributed by atoms with van der Waals surface area (Å²) in [7, 11) is -3.37. The van der Waals surface area contributed by atoms with Gasteiger partial charge in [-0.3, -0.25) is 0 Å². The Balaban J connectivity index is 2.11. The lowest BCUT2D eigenvalue weighted by Crippen LogP contribution is -2.40. The standard InChI is InChI=1S/C14H19NO4S/c1-2-19-14(16)15-10-6-7-12(15)11-20(17,18)13-8-4-3-5-9-13/h3-5,8-9,12H,2,6-7,10-11H2,1H3/t12-/m0/s1. The summed E-state index contributed by atoms with van der Waals surface area (Å²) in [5.41, 5.74) is 0. The molecule has 1 atom stereocenters. The molecule has 0 spiro atoms. The fourth-order valence-electron chi connectivity index (χ4n) is 2.43. The molecule has 110 valence electrons. The molecule has 1 amide bonds. The van der Waals surface area contributed by atoms with E-state index in [0.717, 1.165) is 6.42 Å². The highest BCUT2D eigenvalue weighted by Gasteiger charge is 2.33. The Bertz CT molecular complexity index is 556. The van der Waals surface area contributed by atoms with E-state index >= 15 is 0 Å². The summed E-state index contributed by atoms with van der Waals surface area (Å²) in [5, 5.41) is 0. The fourth-order valence-corrected chi connectivity index (χ4v) is 4.05. The van der Waals surface area contributed by atoms with Gasteiger partial charge in [0.05, 0.1) is 17.3 Å². The van der Waals surface area contributed by atoms with Crippen molar-refractivity contribution in [1.82, 2.24) is 4.90 Å². The minimum Gasteiger partial charge on any atom is -0.450 e. The van der Waals surface area contributed by atoms with Crippen LogP contribution in [-0.2, 0) is 14.6 Å². The van der Waals surface area contributed by atoms with Crippen molar-refractivity contribution in [3.8, 4) is 0 Å². The molecular formula is C14H19NO4S. The number of sulfone groups is 1. The first kappa shape index (κ1) is 14.8. The number of nitrogens with zero attached hydrogens (tertiary/aromatic N) is 1. The molecule has 5 nitrogen and oxygen atoms in total. The molecule has 0 radical (unpaired) electrons. The summed E-state index contributed by atoms with van der Waals surface area (Å²) in [6.07, 6.45) is 1.09. The SMILES string of the molecule is CCOC(=O)N1CCC[C@H]1CS(=O)(=O)c1ccccc1. The lowest BCUT2D eigenvalue weighted by molar-refractivity contribution is 0.106. The monoisotopic (exact) mass is 297 g/mol. The molecule has 0 aromatic heterocycles. The summed E-state index contributed by atoms with van der Waals surface area (Å²) in [6, 6.07) is 8.05. The number of amides is 1. The molecule has 1 aliphatic heterocycles. The van der Waals surface area contributed by atoms with Crippen LogP contribution in [0.3, 0.4) is 0 Å². The van der Waals surface area contributed by atoms with Crippen LogP contribution < -0.4 is 0 Å². The van der Waals surface area contributed by atoms with Gasteiger partial charge < -0.3 is 9.64 Å². The van der Waals surface area contributed by atoms with Gasteiger partial charge in [-0.15, -0.1) is 0 Å². The number of hydrogen-bond acceptors (Lipinski definition) is 4. The van der Waals surface area contributed by atoms with Crippen molar-refractivity contribution in [2.45, 2.75) is 30.7 Å². The average Bonchev–Trinajstić information content (AvgIpc) is 2.87. The first-order valence-electron chi connectivity index (χ1n) is 6.76. The van der Waals surface area contributed by atoms with E-state index in [0.29, 0.717) is 24.5 Å². The molecule has 0 unspecified atom stereocenters. The molecule has 6 heteroatoms. The lowest BCUT2D eigenvalue weighted by atomic mass is 10.2. The zero-order chi connectivity index (χ0) is 14.6. The van der Waals surface area contributed by atoms with Crippen LogP contribution in [0.2, 0.25) is 0 Å². The third-order valence-corrected chi connectivity index (χ3v) is 5.21. The minimum absolute atomic E-state index is 0.0458. The van der Waals surface area contributed by atoms with Crippen LogP contribution in [0, 0.1) is 0 Å². The molecular weight excluding hydrogens is 278 g/mol. The molecule has 1 heterocycles. The molecule has 0 N–H and O–H groups in total. The fraction of sp³-hybridized carbons (Fsp3) is 0.500. The maximum Gasteiger partial charge on any atom is 0.410 e. The van der Waals surface area contributed by atoms with Gasteiger partial charge in [0.15, 0.2) is 9.84 Å². The summed E-state index contributed by atoms with van der Waals surface area (Å²) >= 11 is 0. The van der Waals surface area contributed by atoms with E-state index in [1.165, 1.54) is 4.90 Å². The second-order valence-electron chi connectivity index (χ2n) is 4.78. The highest BCUT2D eigenvalue weighted by molar-refractivity contribution is 7.91. The van der Waals surface area contributed by atoms with Crippen LogP contribution in [0.25, 0.3) is 0 Å². The van der Waals surface area contributed by atoms with Gasteiger partial charge in [0.1, 0.15) is 0 Å².